The predicted octanol–water partition coefficient (Wildman–Crippen LogP) is 3.73. The van der Waals surface area contributed by atoms with Crippen LogP contribution in [0.4, 0.5) is 0 Å². The molecule has 2 N–H and O–H groups in total. The lowest BCUT2D eigenvalue weighted by Gasteiger charge is -2.32. The SMILES string of the molecule is COc1ccc(CNC(=O)CC[C@H]2CCCN(Cc3ccc(O)c(OC)c3)C2)c(OC)c1. The number of carbonyl (C=O) groups excluding carboxylic acids is 1. The molecule has 0 aliphatic carbocycles. The van der Waals surface area contributed by atoms with Crippen molar-refractivity contribution in [2.75, 3.05) is 34.4 Å². The van der Waals surface area contributed by atoms with Crippen molar-refractivity contribution < 1.29 is 24.1 Å². The molecule has 0 unspecified atom stereocenters. The first-order valence-electron chi connectivity index (χ1n) is 11.1. The molecule has 0 saturated carbocycles. The molecular weight excluding hydrogens is 408 g/mol. The lowest BCUT2D eigenvalue weighted by Crippen LogP contribution is -2.35. The Bertz CT molecular complexity index is 902. The second-order valence-corrected chi connectivity index (χ2v) is 8.24. The minimum atomic E-state index is 0.0586. The molecule has 1 atom stereocenters. The zero-order valence-electron chi connectivity index (χ0n) is 19.2. The lowest BCUT2D eigenvalue weighted by molar-refractivity contribution is -0.121. The van der Waals surface area contributed by atoms with Crippen LogP contribution in [0.15, 0.2) is 36.4 Å². The molecule has 1 saturated heterocycles. The van der Waals surface area contributed by atoms with Crippen molar-refractivity contribution in [2.45, 2.75) is 38.8 Å². The molecule has 1 amide bonds. The number of nitrogens with one attached hydrogen (secondary N) is 1. The third-order valence-corrected chi connectivity index (χ3v) is 6.00. The van der Waals surface area contributed by atoms with E-state index in [0.29, 0.717) is 30.4 Å². The first-order valence-corrected chi connectivity index (χ1v) is 11.1. The van der Waals surface area contributed by atoms with Gasteiger partial charge < -0.3 is 24.6 Å². The van der Waals surface area contributed by atoms with Gasteiger partial charge in [-0.3, -0.25) is 9.69 Å². The van der Waals surface area contributed by atoms with E-state index in [1.54, 1.807) is 27.4 Å². The Morgan fingerprint density at radius 1 is 1.09 bits per heavy atom. The van der Waals surface area contributed by atoms with Gasteiger partial charge in [0.15, 0.2) is 11.5 Å². The van der Waals surface area contributed by atoms with Crippen LogP contribution < -0.4 is 19.5 Å². The fourth-order valence-corrected chi connectivity index (χ4v) is 4.22. The summed E-state index contributed by atoms with van der Waals surface area (Å²) in [5.41, 5.74) is 2.04. The van der Waals surface area contributed by atoms with Gasteiger partial charge in [-0.1, -0.05) is 6.07 Å². The number of amides is 1. The van der Waals surface area contributed by atoms with Crippen LogP contribution in [-0.2, 0) is 17.9 Å². The van der Waals surface area contributed by atoms with Crippen molar-refractivity contribution in [2.24, 2.45) is 5.92 Å². The highest BCUT2D eigenvalue weighted by molar-refractivity contribution is 5.75. The summed E-state index contributed by atoms with van der Waals surface area (Å²) in [5, 5.41) is 12.8. The van der Waals surface area contributed by atoms with Gasteiger partial charge in [-0.05, 0) is 61.6 Å². The molecule has 0 spiro atoms. The molecule has 2 aromatic carbocycles. The quantitative estimate of drug-likeness (QED) is 0.584. The van der Waals surface area contributed by atoms with E-state index in [1.807, 2.05) is 30.3 Å². The average Bonchev–Trinajstić information content (AvgIpc) is 2.82. The molecular formula is C25H34N2O5. The normalized spacial score (nSPS) is 16.4. The van der Waals surface area contributed by atoms with E-state index in [0.717, 1.165) is 55.8 Å². The van der Waals surface area contributed by atoms with Crippen LogP contribution in [0.2, 0.25) is 0 Å². The summed E-state index contributed by atoms with van der Waals surface area (Å²) in [5.74, 6) is 2.66. The summed E-state index contributed by atoms with van der Waals surface area (Å²) in [6, 6.07) is 11.1. The van der Waals surface area contributed by atoms with Gasteiger partial charge in [0.2, 0.25) is 5.91 Å². The molecule has 32 heavy (non-hydrogen) atoms. The largest absolute Gasteiger partial charge is 0.504 e. The maximum Gasteiger partial charge on any atom is 0.220 e. The van der Waals surface area contributed by atoms with Gasteiger partial charge in [0.05, 0.1) is 21.3 Å². The first-order chi connectivity index (χ1) is 15.5. The van der Waals surface area contributed by atoms with Gasteiger partial charge in [-0.25, -0.2) is 0 Å². The third-order valence-electron chi connectivity index (χ3n) is 6.00. The van der Waals surface area contributed by atoms with Crippen LogP contribution in [-0.4, -0.2) is 50.3 Å². The molecule has 0 radical (unpaired) electrons. The Hall–Kier alpha value is -2.93. The van der Waals surface area contributed by atoms with Crippen LogP contribution in [0, 0.1) is 5.92 Å². The summed E-state index contributed by atoms with van der Waals surface area (Å²) in [6.07, 6.45) is 3.67. The molecule has 0 aromatic heterocycles. The van der Waals surface area contributed by atoms with E-state index in [2.05, 4.69) is 10.2 Å². The van der Waals surface area contributed by atoms with E-state index in [1.165, 1.54) is 0 Å². The van der Waals surface area contributed by atoms with Gasteiger partial charge in [0.1, 0.15) is 11.5 Å². The van der Waals surface area contributed by atoms with E-state index >= 15 is 0 Å². The molecule has 1 heterocycles. The number of ether oxygens (including phenoxy) is 3. The van der Waals surface area contributed by atoms with Gasteiger partial charge in [0.25, 0.3) is 0 Å². The zero-order chi connectivity index (χ0) is 22.9. The number of likely N-dealkylation sites (tertiary alicyclic amines) is 1. The molecule has 3 rings (SSSR count). The minimum Gasteiger partial charge on any atom is -0.504 e. The number of phenolic OH excluding ortho intramolecular Hbond substituents is 1. The van der Waals surface area contributed by atoms with Crippen molar-refractivity contribution in [3.63, 3.8) is 0 Å². The Kier molecular flexibility index (Phi) is 8.62. The average molecular weight is 443 g/mol. The molecule has 7 nitrogen and oxygen atoms in total. The molecule has 1 aliphatic heterocycles. The number of nitrogens with zero attached hydrogens (tertiary/aromatic N) is 1. The minimum absolute atomic E-state index is 0.0586. The fourth-order valence-electron chi connectivity index (χ4n) is 4.22. The topological polar surface area (TPSA) is 80.3 Å². The third kappa shape index (κ3) is 6.53. The number of benzene rings is 2. The number of hydrogen-bond donors (Lipinski definition) is 2. The van der Waals surface area contributed by atoms with Crippen LogP contribution in [0.3, 0.4) is 0 Å². The van der Waals surface area contributed by atoms with E-state index in [9.17, 15) is 9.90 Å². The number of hydrogen-bond acceptors (Lipinski definition) is 6. The first kappa shape index (κ1) is 23.7. The van der Waals surface area contributed by atoms with Crippen molar-refractivity contribution in [1.82, 2.24) is 10.2 Å². The standard InChI is InChI=1S/C25H34N2O5/c1-30-21-9-8-20(23(14-21)31-2)15-26-25(29)11-7-18-5-4-12-27(16-18)17-19-6-10-22(28)24(13-19)32-3/h6,8-10,13-14,18,28H,4-5,7,11-12,15-17H2,1-3H3,(H,26,29)/t18-/m1/s1. The van der Waals surface area contributed by atoms with Crippen molar-refractivity contribution in [3.8, 4) is 23.0 Å². The van der Waals surface area contributed by atoms with E-state index in [-0.39, 0.29) is 11.7 Å². The zero-order valence-corrected chi connectivity index (χ0v) is 19.2. The predicted molar refractivity (Wildman–Crippen MR) is 123 cm³/mol. The van der Waals surface area contributed by atoms with Crippen molar-refractivity contribution >= 4 is 5.91 Å². The Labute approximate surface area is 190 Å². The molecule has 1 fully saturated rings. The van der Waals surface area contributed by atoms with Crippen molar-refractivity contribution in [3.05, 3.63) is 47.5 Å². The van der Waals surface area contributed by atoms with Gasteiger partial charge in [-0.2, -0.15) is 0 Å². The smallest absolute Gasteiger partial charge is 0.220 e. The number of methoxy groups -OCH3 is 3. The molecule has 0 bridgehead atoms. The highest BCUT2D eigenvalue weighted by atomic mass is 16.5. The highest BCUT2D eigenvalue weighted by Gasteiger charge is 2.21. The van der Waals surface area contributed by atoms with Crippen LogP contribution in [0.25, 0.3) is 0 Å². The van der Waals surface area contributed by atoms with Gasteiger partial charge >= 0.3 is 0 Å². The second kappa shape index (κ2) is 11.6. The summed E-state index contributed by atoms with van der Waals surface area (Å²) >= 11 is 0. The Balaban J connectivity index is 1.45. The highest BCUT2D eigenvalue weighted by Crippen LogP contribution is 2.28. The number of piperidine rings is 1. The Morgan fingerprint density at radius 2 is 1.91 bits per heavy atom. The van der Waals surface area contributed by atoms with Gasteiger partial charge in [0, 0.05) is 37.7 Å². The summed E-state index contributed by atoms with van der Waals surface area (Å²) < 4.78 is 15.8. The lowest BCUT2D eigenvalue weighted by atomic mass is 9.93. The fraction of sp³-hybridized carbons (Fsp3) is 0.480. The maximum absolute atomic E-state index is 12.4. The number of rotatable bonds is 10. The monoisotopic (exact) mass is 442 g/mol. The molecule has 174 valence electrons. The van der Waals surface area contributed by atoms with E-state index < -0.39 is 0 Å². The van der Waals surface area contributed by atoms with Gasteiger partial charge in [-0.15, -0.1) is 0 Å². The number of carbonyl (C=O) groups is 1. The second-order valence-electron chi connectivity index (χ2n) is 8.24. The summed E-state index contributed by atoms with van der Waals surface area (Å²) in [4.78, 5) is 14.8. The molecule has 2 aromatic rings. The van der Waals surface area contributed by atoms with Crippen molar-refractivity contribution in [1.29, 1.82) is 0 Å². The summed E-state index contributed by atoms with van der Waals surface area (Å²) in [6.45, 7) is 3.27. The number of aromatic hydroxyl groups is 1. The summed E-state index contributed by atoms with van der Waals surface area (Å²) in [7, 11) is 4.79. The number of phenols is 1. The van der Waals surface area contributed by atoms with Crippen LogP contribution in [0.1, 0.15) is 36.8 Å². The maximum atomic E-state index is 12.4. The van der Waals surface area contributed by atoms with Crippen LogP contribution in [0.5, 0.6) is 23.0 Å². The van der Waals surface area contributed by atoms with E-state index in [4.69, 9.17) is 14.2 Å². The Morgan fingerprint density at radius 3 is 2.66 bits per heavy atom. The van der Waals surface area contributed by atoms with Crippen LogP contribution >= 0.6 is 0 Å². The molecule has 1 aliphatic rings. The molecule has 7 heteroatoms.